The zero-order chi connectivity index (χ0) is 13.1. The van der Waals surface area contributed by atoms with Crippen molar-refractivity contribution in [2.45, 2.75) is 6.04 Å². The number of nitrogens with zero attached hydrogens (tertiary/aromatic N) is 2. The second-order valence-corrected chi connectivity index (χ2v) is 4.76. The smallest absolute Gasteiger partial charge is 0.130 e. The highest BCUT2D eigenvalue weighted by Crippen LogP contribution is 2.24. The summed E-state index contributed by atoms with van der Waals surface area (Å²) in [7, 11) is 2.06. The third-order valence-corrected chi connectivity index (χ3v) is 3.52. The molecule has 1 fully saturated rings. The molecule has 0 radical (unpaired) electrons. The van der Waals surface area contributed by atoms with Crippen molar-refractivity contribution in [1.29, 1.82) is 0 Å². The fourth-order valence-corrected chi connectivity index (χ4v) is 2.38. The van der Waals surface area contributed by atoms with Gasteiger partial charge in [-0.3, -0.25) is 4.90 Å². The van der Waals surface area contributed by atoms with Gasteiger partial charge < -0.3 is 10.6 Å². The van der Waals surface area contributed by atoms with Gasteiger partial charge in [0.1, 0.15) is 11.6 Å². The van der Waals surface area contributed by atoms with Crippen LogP contribution in [0, 0.1) is 11.6 Å². The third-order valence-electron chi connectivity index (χ3n) is 3.52. The Morgan fingerprint density at radius 2 is 1.89 bits per heavy atom. The van der Waals surface area contributed by atoms with Gasteiger partial charge >= 0.3 is 0 Å². The van der Waals surface area contributed by atoms with E-state index in [0.717, 1.165) is 32.2 Å². The summed E-state index contributed by atoms with van der Waals surface area (Å²) in [6, 6.07) is 3.55. The first-order valence-electron chi connectivity index (χ1n) is 6.19. The lowest BCUT2D eigenvalue weighted by atomic mass is 10.0. The fraction of sp³-hybridized carbons (Fsp3) is 0.538. The van der Waals surface area contributed by atoms with E-state index in [1.165, 1.54) is 12.1 Å². The van der Waals surface area contributed by atoms with Crippen LogP contribution >= 0.6 is 0 Å². The Hall–Kier alpha value is -1.04. The third kappa shape index (κ3) is 2.85. The van der Waals surface area contributed by atoms with Gasteiger partial charge in [-0.1, -0.05) is 6.07 Å². The monoisotopic (exact) mass is 255 g/mol. The number of halogens is 2. The molecule has 5 heteroatoms. The van der Waals surface area contributed by atoms with E-state index in [2.05, 4.69) is 16.8 Å². The summed E-state index contributed by atoms with van der Waals surface area (Å²) < 4.78 is 26.7. The van der Waals surface area contributed by atoms with E-state index in [1.807, 2.05) is 0 Å². The quantitative estimate of drug-likeness (QED) is 0.881. The molecule has 1 aliphatic heterocycles. The highest BCUT2D eigenvalue weighted by Gasteiger charge is 2.24. The molecule has 1 atom stereocenters. The molecule has 0 spiro atoms. The van der Waals surface area contributed by atoms with E-state index in [9.17, 15) is 8.78 Å². The normalized spacial score (nSPS) is 20.0. The maximum Gasteiger partial charge on any atom is 0.130 e. The van der Waals surface area contributed by atoms with Crippen molar-refractivity contribution in [2.24, 2.45) is 5.73 Å². The first kappa shape index (κ1) is 13.4. The molecule has 1 aliphatic rings. The van der Waals surface area contributed by atoms with Gasteiger partial charge in [0.25, 0.3) is 0 Å². The maximum absolute atomic E-state index is 13.8. The molecular weight excluding hydrogens is 236 g/mol. The largest absolute Gasteiger partial charge is 0.329 e. The molecular formula is C13H19F2N3. The standard InChI is InChI=1S/C13H19F2N3/c1-17-4-6-18(7-5-17)13(9-16)11-3-2-10(14)8-12(11)15/h2-3,8,13H,4-7,9,16H2,1H3. The lowest BCUT2D eigenvalue weighted by Gasteiger charge is -2.37. The second-order valence-electron chi connectivity index (χ2n) is 4.76. The summed E-state index contributed by atoms with van der Waals surface area (Å²) >= 11 is 0. The average molecular weight is 255 g/mol. The van der Waals surface area contributed by atoms with Crippen molar-refractivity contribution >= 4 is 0 Å². The Labute approximate surface area is 106 Å². The number of rotatable bonds is 3. The Balaban J connectivity index is 2.17. The first-order chi connectivity index (χ1) is 8.61. The van der Waals surface area contributed by atoms with Gasteiger partial charge in [0.15, 0.2) is 0 Å². The minimum atomic E-state index is -0.551. The molecule has 100 valence electrons. The van der Waals surface area contributed by atoms with Crippen LogP contribution in [0.3, 0.4) is 0 Å². The number of likely N-dealkylation sites (N-methyl/N-ethyl adjacent to an activating group) is 1. The number of hydrogen-bond donors (Lipinski definition) is 1. The lowest BCUT2D eigenvalue weighted by Crippen LogP contribution is -2.47. The average Bonchev–Trinajstić information content (AvgIpc) is 2.35. The van der Waals surface area contributed by atoms with Crippen molar-refractivity contribution in [2.75, 3.05) is 39.8 Å². The van der Waals surface area contributed by atoms with Gasteiger partial charge in [0.2, 0.25) is 0 Å². The molecule has 0 aliphatic carbocycles. The molecule has 1 saturated heterocycles. The highest BCUT2D eigenvalue weighted by atomic mass is 19.1. The predicted molar refractivity (Wildman–Crippen MR) is 67.2 cm³/mol. The summed E-state index contributed by atoms with van der Waals surface area (Å²) in [5, 5.41) is 0. The molecule has 0 saturated carbocycles. The van der Waals surface area contributed by atoms with Crippen molar-refractivity contribution in [3.8, 4) is 0 Å². The molecule has 0 aromatic heterocycles. The molecule has 0 amide bonds. The Morgan fingerprint density at radius 3 is 2.44 bits per heavy atom. The SMILES string of the molecule is CN1CCN(C(CN)c2ccc(F)cc2F)CC1. The number of piperazine rings is 1. The number of benzene rings is 1. The van der Waals surface area contributed by atoms with Crippen LogP contribution in [0.25, 0.3) is 0 Å². The zero-order valence-corrected chi connectivity index (χ0v) is 10.6. The van der Waals surface area contributed by atoms with Crippen molar-refractivity contribution < 1.29 is 8.78 Å². The summed E-state index contributed by atoms with van der Waals surface area (Å²) in [5.74, 6) is -1.06. The minimum absolute atomic E-state index is 0.167. The maximum atomic E-state index is 13.8. The van der Waals surface area contributed by atoms with E-state index in [4.69, 9.17) is 5.73 Å². The summed E-state index contributed by atoms with van der Waals surface area (Å²) in [6.07, 6.45) is 0. The Morgan fingerprint density at radius 1 is 1.22 bits per heavy atom. The second kappa shape index (κ2) is 5.73. The molecule has 1 aromatic rings. The van der Waals surface area contributed by atoms with E-state index in [1.54, 1.807) is 0 Å². The Kier molecular flexibility index (Phi) is 4.27. The van der Waals surface area contributed by atoms with Crippen molar-refractivity contribution in [3.63, 3.8) is 0 Å². The van der Waals surface area contributed by atoms with Crippen molar-refractivity contribution in [1.82, 2.24) is 9.80 Å². The summed E-state index contributed by atoms with van der Waals surface area (Å²) in [4.78, 5) is 4.39. The van der Waals surface area contributed by atoms with E-state index in [-0.39, 0.29) is 6.04 Å². The van der Waals surface area contributed by atoms with E-state index in [0.29, 0.717) is 12.1 Å². The number of nitrogens with two attached hydrogens (primary N) is 1. The molecule has 3 nitrogen and oxygen atoms in total. The van der Waals surface area contributed by atoms with Gasteiger partial charge in [0, 0.05) is 44.4 Å². The van der Waals surface area contributed by atoms with Crippen LogP contribution in [-0.4, -0.2) is 49.6 Å². The zero-order valence-electron chi connectivity index (χ0n) is 10.6. The van der Waals surface area contributed by atoms with Gasteiger partial charge in [-0.25, -0.2) is 8.78 Å². The van der Waals surface area contributed by atoms with Crippen LogP contribution in [0.15, 0.2) is 18.2 Å². The molecule has 2 N–H and O–H groups in total. The predicted octanol–water partition coefficient (Wildman–Crippen LogP) is 1.21. The molecule has 1 unspecified atom stereocenters. The molecule has 0 bridgehead atoms. The van der Waals surface area contributed by atoms with Gasteiger partial charge in [-0.05, 0) is 13.1 Å². The van der Waals surface area contributed by atoms with Gasteiger partial charge in [-0.15, -0.1) is 0 Å². The summed E-state index contributed by atoms with van der Waals surface area (Å²) in [6.45, 7) is 3.94. The van der Waals surface area contributed by atoms with Crippen LogP contribution in [0.5, 0.6) is 0 Å². The highest BCUT2D eigenvalue weighted by molar-refractivity contribution is 5.22. The van der Waals surface area contributed by atoms with Crippen molar-refractivity contribution in [3.05, 3.63) is 35.4 Å². The van der Waals surface area contributed by atoms with Gasteiger partial charge in [0.05, 0.1) is 6.04 Å². The summed E-state index contributed by atoms with van der Waals surface area (Å²) in [5.41, 5.74) is 6.25. The van der Waals surface area contributed by atoms with Crippen LogP contribution in [-0.2, 0) is 0 Å². The van der Waals surface area contributed by atoms with Crippen LogP contribution in [0.4, 0.5) is 8.78 Å². The molecule has 18 heavy (non-hydrogen) atoms. The molecule has 1 heterocycles. The van der Waals surface area contributed by atoms with E-state index < -0.39 is 11.6 Å². The molecule has 1 aromatic carbocycles. The number of hydrogen-bond acceptors (Lipinski definition) is 3. The fourth-order valence-electron chi connectivity index (χ4n) is 2.38. The van der Waals surface area contributed by atoms with Crippen LogP contribution in [0.2, 0.25) is 0 Å². The van der Waals surface area contributed by atoms with Crippen LogP contribution in [0.1, 0.15) is 11.6 Å². The minimum Gasteiger partial charge on any atom is -0.329 e. The Bertz CT molecular complexity index is 403. The first-order valence-corrected chi connectivity index (χ1v) is 6.19. The van der Waals surface area contributed by atoms with E-state index >= 15 is 0 Å². The lowest BCUT2D eigenvalue weighted by molar-refractivity contribution is 0.113. The molecule has 2 rings (SSSR count). The van der Waals surface area contributed by atoms with Gasteiger partial charge in [-0.2, -0.15) is 0 Å². The van der Waals surface area contributed by atoms with Crippen LogP contribution < -0.4 is 5.73 Å². The topological polar surface area (TPSA) is 32.5 Å².